The summed E-state index contributed by atoms with van der Waals surface area (Å²) in [4.78, 5) is 53.1. The number of carbonyl (C=O) groups is 4. The summed E-state index contributed by atoms with van der Waals surface area (Å²) in [7, 11) is 1.15. The maximum absolute atomic E-state index is 16.5. The van der Waals surface area contributed by atoms with E-state index in [2.05, 4.69) is 0 Å². The highest BCUT2D eigenvalue weighted by Gasteiger charge is 2.54. The Hall–Kier alpha value is -5.39. The van der Waals surface area contributed by atoms with Crippen molar-refractivity contribution in [2.45, 2.75) is 36.9 Å². The van der Waals surface area contributed by atoms with E-state index in [1.807, 2.05) is 0 Å². The molecule has 47 heavy (non-hydrogen) atoms. The molecule has 1 aliphatic heterocycles. The molecule has 242 valence electrons. The summed E-state index contributed by atoms with van der Waals surface area (Å²) in [5, 5.41) is 0. The van der Waals surface area contributed by atoms with Gasteiger partial charge in [-0.15, -0.1) is 0 Å². The predicted molar refractivity (Wildman–Crippen MR) is 164 cm³/mol. The molecule has 0 amide bonds. The molecule has 1 aliphatic rings. The van der Waals surface area contributed by atoms with Crippen LogP contribution in [0, 0.1) is 0 Å². The lowest BCUT2D eigenvalue weighted by atomic mass is 10.00. The zero-order chi connectivity index (χ0) is 33.2. The second kappa shape index (κ2) is 15.7. The summed E-state index contributed by atoms with van der Waals surface area (Å²) in [5.41, 5.74) is 0.498. The summed E-state index contributed by atoms with van der Waals surface area (Å²) >= 11 is 0. The maximum Gasteiger partial charge on any atom is 0.338 e. The smallest absolute Gasteiger partial charge is 0.338 e. The second-order valence-corrected chi connectivity index (χ2v) is 10.4. The van der Waals surface area contributed by atoms with Crippen LogP contribution in [-0.4, -0.2) is 74.5 Å². The van der Waals surface area contributed by atoms with Crippen LogP contribution in [0.25, 0.3) is 0 Å². The molecule has 0 aliphatic carbocycles. The van der Waals surface area contributed by atoms with Gasteiger partial charge in [0, 0.05) is 7.11 Å². The van der Waals surface area contributed by atoms with Crippen LogP contribution in [0.1, 0.15) is 41.4 Å². The number of rotatable bonds is 10. The van der Waals surface area contributed by atoms with Gasteiger partial charge in [-0.3, -0.25) is 0 Å². The Balaban J connectivity index is 1.56. The number of carbonyl (C=O) groups excluding carboxylic acids is 4. The largest absolute Gasteiger partial charge is 0.459 e. The first kappa shape index (κ1) is 33.0. The lowest BCUT2D eigenvalue weighted by Crippen LogP contribution is -2.53. The molecular formula is C36H31FO10. The summed E-state index contributed by atoms with van der Waals surface area (Å²) in [5.74, 6) is -3.52. The van der Waals surface area contributed by atoms with Crippen molar-refractivity contribution in [2.75, 3.05) is 13.7 Å². The first-order chi connectivity index (χ1) is 22.9. The minimum Gasteiger partial charge on any atom is -0.459 e. The van der Waals surface area contributed by atoms with E-state index in [1.54, 1.807) is 72.8 Å². The Labute approximate surface area is 269 Å². The van der Waals surface area contributed by atoms with E-state index >= 15 is 4.39 Å². The van der Waals surface area contributed by atoms with Crippen LogP contribution >= 0.6 is 0 Å². The van der Waals surface area contributed by atoms with Gasteiger partial charge in [0.15, 0.2) is 30.8 Å². The fraction of sp³-hybridized carbons (Fsp3) is 0.222. The molecule has 0 spiro atoms. The van der Waals surface area contributed by atoms with E-state index in [1.165, 1.54) is 48.5 Å². The van der Waals surface area contributed by atoms with Crippen molar-refractivity contribution in [3.63, 3.8) is 0 Å². The van der Waals surface area contributed by atoms with Crippen molar-refractivity contribution < 1.29 is 52.0 Å². The van der Waals surface area contributed by atoms with Crippen LogP contribution in [0.4, 0.5) is 4.39 Å². The average molecular weight is 643 g/mol. The molecule has 0 saturated carbocycles. The number of benzene rings is 4. The molecule has 4 aromatic carbocycles. The van der Waals surface area contributed by atoms with Gasteiger partial charge in [0.25, 0.3) is 0 Å². The second-order valence-electron chi connectivity index (χ2n) is 10.4. The fourth-order valence-electron chi connectivity index (χ4n) is 4.90. The van der Waals surface area contributed by atoms with Gasteiger partial charge in [0.05, 0.1) is 22.3 Å². The zero-order valence-electron chi connectivity index (χ0n) is 25.2. The molecule has 0 radical (unpaired) electrons. The Kier molecular flexibility index (Phi) is 11.1. The third kappa shape index (κ3) is 8.26. The van der Waals surface area contributed by atoms with Gasteiger partial charge in [-0.1, -0.05) is 72.8 Å². The summed E-state index contributed by atoms with van der Waals surface area (Å²) in [6, 6.07) is 31.5. The van der Waals surface area contributed by atoms with E-state index in [0.29, 0.717) is 0 Å². The molecule has 11 heteroatoms. The molecular weight excluding hydrogens is 611 g/mol. The van der Waals surface area contributed by atoms with E-state index in [4.69, 9.17) is 28.4 Å². The van der Waals surface area contributed by atoms with Crippen LogP contribution in [0.2, 0.25) is 0 Å². The third-order valence-corrected chi connectivity index (χ3v) is 7.28. The average Bonchev–Trinajstić information content (AvgIpc) is 3.22. The summed E-state index contributed by atoms with van der Waals surface area (Å²) in [6.07, 6.45) is -10.9. The molecule has 0 aromatic heterocycles. The Morgan fingerprint density at radius 3 is 1.32 bits per heavy atom. The molecule has 1 saturated heterocycles. The maximum atomic E-state index is 16.5. The van der Waals surface area contributed by atoms with Crippen LogP contribution in [-0.2, 0) is 28.4 Å². The van der Waals surface area contributed by atoms with E-state index < -0.39 is 67.4 Å². The molecule has 0 bridgehead atoms. The summed E-state index contributed by atoms with van der Waals surface area (Å²) in [6.45, 7) is -0.591. The lowest BCUT2D eigenvalue weighted by molar-refractivity contribution is -0.207. The van der Waals surface area contributed by atoms with Crippen LogP contribution in [0.5, 0.6) is 0 Å². The number of alkyl halides is 1. The number of hydrogen-bond acceptors (Lipinski definition) is 10. The molecule has 1 fully saturated rings. The molecule has 6 atom stereocenters. The number of methoxy groups -OCH3 is 1. The van der Waals surface area contributed by atoms with Gasteiger partial charge < -0.3 is 28.4 Å². The minimum atomic E-state index is -2.27. The molecule has 4 aromatic rings. The molecule has 0 N–H and O–H groups in total. The first-order valence-corrected chi connectivity index (χ1v) is 14.7. The minimum absolute atomic E-state index is 0.0816. The quantitative estimate of drug-likeness (QED) is 0.168. The molecule has 10 nitrogen and oxygen atoms in total. The first-order valence-electron chi connectivity index (χ1n) is 14.7. The molecule has 5 rings (SSSR count). The summed E-state index contributed by atoms with van der Waals surface area (Å²) < 4.78 is 50.5. The van der Waals surface area contributed by atoms with Crippen molar-refractivity contribution >= 4 is 23.9 Å². The van der Waals surface area contributed by atoms with Crippen LogP contribution in [0.15, 0.2) is 121 Å². The highest BCUT2D eigenvalue weighted by Crippen LogP contribution is 2.32. The standard InChI is InChI=1S/C36H31FO10/c1-42-36-28(37)30(46-34(40)25-18-10-4-11-19-25)31(47-35(41)26-20-12-5-13-21-26)29(45-33(39)24-16-8-3-9-17-24)27(44-36)22-43-32(38)23-14-6-2-7-15-23/h2-21,27-31,36H,22H2,1H3/t27?,28-,29+,30?,31?,36+/m0/s1. The van der Waals surface area contributed by atoms with Crippen molar-refractivity contribution in [1.82, 2.24) is 0 Å². The fourth-order valence-corrected chi connectivity index (χ4v) is 4.90. The van der Waals surface area contributed by atoms with Gasteiger partial charge >= 0.3 is 23.9 Å². The van der Waals surface area contributed by atoms with E-state index in [9.17, 15) is 19.2 Å². The highest BCUT2D eigenvalue weighted by molar-refractivity contribution is 5.91. The number of ether oxygens (including phenoxy) is 6. The topological polar surface area (TPSA) is 124 Å². The third-order valence-electron chi connectivity index (χ3n) is 7.28. The predicted octanol–water partition coefficient (Wildman–Crippen LogP) is 5.23. The SMILES string of the molecule is CO[C@@H]1OC(COC(=O)c2ccccc2)[C@@H](OC(=O)c2ccccc2)C(OC(=O)c2ccccc2)C(OC(=O)c2ccccc2)[C@@H]1F. The van der Waals surface area contributed by atoms with Crippen molar-refractivity contribution in [3.8, 4) is 0 Å². The van der Waals surface area contributed by atoms with Crippen LogP contribution in [0.3, 0.4) is 0 Å². The van der Waals surface area contributed by atoms with Gasteiger partial charge in [0.1, 0.15) is 12.7 Å². The van der Waals surface area contributed by atoms with Crippen molar-refractivity contribution in [1.29, 1.82) is 0 Å². The number of esters is 4. The lowest BCUT2D eigenvalue weighted by Gasteiger charge is -2.33. The Morgan fingerprint density at radius 2 is 0.915 bits per heavy atom. The van der Waals surface area contributed by atoms with E-state index in [-0.39, 0.29) is 22.3 Å². The van der Waals surface area contributed by atoms with Gasteiger partial charge in [-0.25, -0.2) is 23.6 Å². The number of hydrogen-bond donors (Lipinski definition) is 0. The van der Waals surface area contributed by atoms with Gasteiger partial charge in [-0.2, -0.15) is 0 Å². The monoisotopic (exact) mass is 642 g/mol. The van der Waals surface area contributed by atoms with Gasteiger partial charge in [-0.05, 0) is 48.5 Å². The molecule has 1 heterocycles. The van der Waals surface area contributed by atoms with Crippen LogP contribution < -0.4 is 0 Å². The highest BCUT2D eigenvalue weighted by atomic mass is 19.1. The molecule has 3 unspecified atom stereocenters. The normalized spacial score (nSPS) is 22.3. The Morgan fingerprint density at radius 1 is 0.553 bits per heavy atom. The van der Waals surface area contributed by atoms with Crippen molar-refractivity contribution in [2.24, 2.45) is 0 Å². The van der Waals surface area contributed by atoms with Crippen molar-refractivity contribution in [3.05, 3.63) is 144 Å². The van der Waals surface area contributed by atoms with Gasteiger partial charge in [0.2, 0.25) is 0 Å². The van der Waals surface area contributed by atoms with E-state index in [0.717, 1.165) is 7.11 Å². The number of halogens is 1. The Bertz CT molecular complexity index is 1640. The zero-order valence-corrected chi connectivity index (χ0v) is 25.2.